The summed E-state index contributed by atoms with van der Waals surface area (Å²) in [5.41, 5.74) is 6.04. The van der Waals surface area contributed by atoms with Crippen LogP contribution in [-0.2, 0) is 9.53 Å². The Balaban J connectivity index is 1.83. The molecule has 0 spiro atoms. The number of nitrogens with two attached hydrogens (primary N) is 1. The average molecular weight is 414 g/mol. The van der Waals surface area contributed by atoms with Gasteiger partial charge in [-0.2, -0.15) is 0 Å². The number of esters is 1. The molecule has 0 amide bonds. The molecule has 0 aromatic carbocycles. The molecule has 0 aromatic rings. The molecule has 5 nitrogen and oxygen atoms in total. The number of nitrogens with one attached hydrogen (secondary N) is 1. The molecule has 0 aromatic heterocycles. The van der Waals surface area contributed by atoms with E-state index in [4.69, 9.17) is 10.5 Å². The third-order valence-electron chi connectivity index (χ3n) is 5.53. The van der Waals surface area contributed by atoms with Crippen molar-refractivity contribution >= 4 is 21.9 Å². The number of allylic oxidation sites excluding steroid dienone is 2. The SMILES string of the molecule is COC(=O)/C(=C/C(Br)=C\N)CNCC1CN(C2CCCCC2)CC1C. The molecule has 1 saturated carbocycles. The lowest BCUT2D eigenvalue weighted by molar-refractivity contribution is -0.136. The summed E-state index contributed by atoms with van der Waals surface area (Å²) in [6, 6.07) is 0.789. The van der Waals surface area contributed by atoms with Crippen LogP contribution in [0, 0.1) is 11.8 Å². The van der Waals surface area contributed by atoms with Crippen LogP contribution in [0.2, 0.25) is 0 Å². The number of likely N-dealkylation sites (tertiary alicyclic amines) is 1. The first-order valence-electron chi connectivity index (χ1n) is 9.36. The highest BCUT2D eigenvalue weighted by Gasteiger charge is 2.33. The maximum Gasteiger partial charge on any atom is 0.335 e. The van der Waals surface area contributed by atoms with Crippen LogP contribution in [0.1, 0.15) is 39.0 Å². The third kappa shape index (κ3) is 6.12. The van der Waals surface area contributed by atoms with E-state index in [-0.39, 0.29) is 5.97 Å². The Morgan fingerprint density at radius 2 is 2.04 bits per heavy atom. The molecule has 1 saturated heterocycles. The van der Waals surface area contributed by atoms with Crippen molar-refractivity contribution in [3.8, 4) is 0 Å². The number of hydrogen-bond donors (Lipinski definition) is 2. The number of rotatable bonds is 7. The lowest BCUT2D eigenvalue weighted by Gasteiger charge is -2.31. The Morgan fingerprint density at radius 1 is 1.32 bits per heavy atom. The highest BCUT2D eigenvalue weighted by Crippen LogP contribution is 2.30. The summed E-state index contributed by atoms with van der Waals surface area (Å²) < 4.78 is 5.53. The van der Waals surface area contributed by atoms with Gasteiger partial charge in [0.25, 0.3) is 0 Å². The monoisotopic (exact) mass is 413 g/mol. The van der Waals surface area contributed by atoms with E-state index in [2.05, 4.69) is 33.1 Å². The maximum absolute atomic E-state index is 11.9. The molecule has 1 aliphatic carbocycles. The van der Waals surface area contributed by atoms with Crippen LogP contribution in [0.25, 0.3) is 0 Å². The van der Waals surface area contributed by atoms with E-state index in [0.717, 1.165) is 12.6 Å². The van der Waals surface area contributed by atoms with E-state index < -0.39 is 0 Å². The molecule has 2 rings (SSSR count). The van der Waals surface area contributed by atoms with Crippen LogP contribution in [0.15, 0.2) is 22.3 Å². The van der Waals surface area contributed by atoms with E-state index in [1.165, 1.54) is 58.5 Å². The van der Waals surface area contributed by atoms with Crippen molar-refractivity contribution < 1.29 is 9.53 Å². The van der Waals surface area contributed by atoms with Crippen LogP contribution < -0.4 is 11.1 Å². The predicted octanol–water partition coefficient (Wildman–Crippen LogP) is 2.77. The van der Waals surface area contributed by atoms with E-state index in [0.29, 0.717) is 28.4 Å². The van der Waals surface area contributed by atoms with Gasteiger partial charge >= 0.3 is 5.97 Å². The van der Waals surface area contributed by atoms with Gasteiger partial charge in [0.05, 0.1) is 12.7 Å². The van der Waals surface area contributed by atoms with Gasteiger partial charge < -0.3 is 15.8 Å². The Labute approximate surface area is 160 Å². The normalized spacial score (nSPS) is 26.8. The van der Waals surface area contributed by atoms with Crippen molar-refractivity contribution in [2.75, 3.05) is 33.3 Å². The molecule has 6 heteroatoms. The van der Waals surface area contributed by atoms with Gasteiger partial charge in [-0.1, -0.05) is 26.2 Å². The summed E-state index contributed by atoms with van der Waals surface area (Å²) >= 11 is 3.31. The van der Waals surface area contributed by atoms with Crippen molar-refractivity contribution in [3.05, 3.63) is 22.3 Å². The minimum absolute atomic E-state index is 0.324. The van der Waals surface area contributed by atoms with Crippen LogP contribution >= 0.6 is 15.9 Å². The number of hydrogen-bond acceptors (Lipinski definition) is 5. The van der Waals surface area contributed by atoms with Crippen molar-refractivity contribution in [2.24, 2.45) is 17.6 Å². The molecule has 2 atom stereocenters. The number of carbonyl (C=O) groups excluding carboxylic acids is 1. The number of nitrogens with zero attached hydrogens (tertiary/aromatic N) is 1. The first kappa shape index (κ1) is 20.5. The average Bonchev–Trinajstić information content (AvgIpc) is 3.01. The van der Waals surface area contributed by atoms with Gasteiger partial charge in [-0.3, -0.25) is 4.90 Å². The van der Waals surface area contributed by atoms with Crippen molar-refractivity contribution in [1.29, 1.82) is 0 Å². The summed E-state index contributed by atoms with van der Waals surface area (Å²) in [5.74, 6) is 1.000. The smallest absolute Gasteiger partial charge is 0.335 e. The minimum Gasteiger partial charge on any atom is -0.466 e. The zero-order chi connectivity index (χ0) is 18.2. The molecule has 142 valence electrons. The van der Waals surface area contributed by atoms with E-state index in [1.807, 2.05) is 0 Å². The fourth-order valence-electron chi connectivity index (χ4n) is 4.00. The second-order valence-corrected chi connectivity index (χ2v) is 8.24. The van der Waals surface area contributed by atoms with Crippen LogP contribution in [0.3, 0.4) is 0 Å². The van der Waals surface area contributed by atoms with Crippen molar-refractivity contribution in [3.63, 3.8) is 0 Å². The summed E-state index contributed by atoms with van der Waals surface area (Å²) in [4.78, 5) is 14.6. The Morgan fingerprint density at radius 3 is 2.68 bits per heavy atom. The summed E-state index contributed by atoms with van der Waals surface area (Å²) in [6.45, 7) is 6.13. The maximum atomic E-state index is 11.9. The van der Waals surface area contributed by atoms with Crippen LogP contribution in [0.5, 0.6) is 0 Å². The van der Waals surface area contributed by atoms with Crippen LogP contribution in [0.4, 0.5) is 0 Å². The number of ether oxygens (including phenoxy) is 1. The zero-order valence-corrected chi connectivity index (χ0v) is 17.1. The summed E-state index contributed by atoms with van der Waals surface area (Å²) in [7, 11) is 1.40. The Hall–Kier alpha value is -0.850. The molecule has 0 radical (unpaired) electrons. The highest BCUT2D eigenvalue weighted by atomic mass is 79.9. The molecular weight excluding hydrogens is 382 g/mol. The first-order chi connectivity index (χ1) is 12.0. The van der Waals surface area contributed by atoms with Crippen LogP contribution in [-0.4, -0.2) is 50.2 Å². The first-order valence-corrected chi connectivity index (χ1v) is 10.2. The Bertz CT molecular complexity index is 501. The number of carbonyl (C=O) groups is 1. The van der Waals surface area contributed by atoms with Crippen molar-refractivity contribution in [2.45, 2.75) is 45.1 Å². The second kappa shape index (κ2) is 10.3. The van der Waals surface area contributed by atoms with Gasteiger partial charge in [0, 0.05) is 36.4 Å². The van der Waals surface area contributed by atoms with Crippen molar-refractivity contribution in [1.82, 2.24) is 10.2 Å². The standard InChI is InChI=1S/C19H32BrN3O2/c1-14-12-23(18-6-4-3-5-7-18)13-16(14)11-22-10-15(19(24)25-2)8-17(20)9-21/h8-9,14,16,18,22H,3-7,10-13,21H2,1-2H3/b15-8+,17-9+. The molecule has 2 unspecified atom stereocenters. The summed E-state index contributed by atoms with van der Waals surface area (Å²) in [6.07, 6.45) is 10.0. The predicted molar refractivity (Wildman–Crippen MR) is 105 cm³/mol. The summed E-state index contributed by atoms with van der Waals surface area (Å²) in [5, 5.41) is 3.44. The Kier molecular flexibility index (Phi) is 8.46. The van der Waals surface area contributed by atoms with E-state index in [9.17, 15) is 4.79 Å². The zero-order valence-electron chi connectivity index (χ0n) is 15.5. The molecule has 2 aliphatic rings. The van der Waals surface area contributed by atoms with Gasteiger partial charge in [0.15, 0.2) is 0 Å². The van der Waals surface area contributed by atoms with E-state index >= 15 is 0 Å². The van der Waals surface area contributed by atoms with E-state index in [1.54, 1.807) is 6.08 Å². The second-order valence-electron chi connectivity index (χ2n) is 7.33. The third-order valence-corrected chi connectivity index (χ3v) is 6.02. The molecular formula is C19H32BrN3O2. The van der Waals surface area contributed by atoms with Gasteiger partial charge in [0.2, 0.25) is 0 Å². The van der Waals surface area contributed by atoms with Gasteiger partial charge in [-0.05, 0) is 53.2 Å². The largest absolute Gasteiger partial charge is 0.466 e. The fraction of sp³-hybridized carbons (Fsp3) is 0.737. The number of halogens is 1. The van der Waals surface area contributed by atoms with Gasteiger partial charge in [0.1, 0.15) is 0 Å². The molecule has 25 heavy (non-hydrogen) atoms. The molecule has 0 bridgehead atoms. The lowest BCUT2D eigenvalue weighted by atomic mass is 9.94. The minimum atomic E-state index is -0.324. The highest BCUT2D eigenvalue weighted by molar-refractivity contribution is 9.11. The molecule has 3 N–H and O–H groups in total. The fourth-order valence-corrected chi connectivity index (χ4v) is 4.28. The quantitative estimate of drug-likeness (QED) is 0.381. The molecule has 2 fully saturated rings. The lowest BCUT2D eigenvalue weighted by Crippen LogP contribution is -2.36. The van der Waals surface area contributed by atoms with Gasteiger partial charge in [-0.15, -0.1) is 0 Å². The molecule has 1 heterocycles. The molecule has 1 aliphatic heterocycles. The van der Waals surface area contributed by atoms with Gasteiger partial charge in [-0.25, -0.2) is 4.79 Å². The number of methoxy groups -OCH3 is 1. The topological polar surface area (TPSA) is 67.6 Å².